The molecule has 3 heteroatoms. The lowest BCUT2D eigenvalue weighted by Gasteiger charge is -2.17. The van der Waals surface area contributed by atoms with Gasteiger partial charge in [-0.3, -0.25) is 4.79 Å². The smallest absolute Gasteiger partial charge is 0.253 e. The van der Waals surface area contributed by atoms with Gasteiger partial charge in [-0.05, 0) is 31.2 Å². The first-order valence-electron chi connectivity index (χ1n) is 4.21. The molecule has 14 heavy (non-hydrogen) atoms. The van der Waals surface area contributed by atoms with Crippen molar-refractivity contribution in [2.45, 2.75) is 6.92 Å². The van der Waals surface area contributed by atoms with Crippen LogP contribution in [0.4, 0.5) is 5.69 Å². The second kappa shape index (κ2) is 4.29. The lowest BCUT2D eigenvalue weighted by Crippen LogP contribution is -2.26. The highest BCUT2D eigenvalue weighted by atomic mass is 35.5. The molecule has 0 aliphatic rings. The van der Waals surface area contributed by atoms with Gasteiger partial charge in [0, 0.05) is 23.3 Å². The van der Waals surface area contributed by atoms with Crippen molar-refractivity contribution in [3.63, 3.8) is 0 Å². The number of carbonyl (C=O) groups is 1. The largest absolute Gasteiger partial charge is 0.312 e. The Morgan fingerprint density at radius 2 is 1.86 bits per heavy atom. The molecule has 0 fully saturated rings. The lowest BCUT2D eigenvalue weighted by atomic mass is 10.2. The summed E-state index contributed by atoms with van der Waals surface area (Å²) in [6, 6.07) is 7.09. The molecule has 0 unspecified atom stereocenters. The van der Waals surface area contributed by atoms with Crippen LogP contribution in [0.3, 0.4) is 0 Å². The average Bonchev–Trinajstić information content (AvgIpc) is 2.16. The number of amides is 1. The van der Waals surface area contributed by atoms with E-state index in [9.17, 15) is 4.79 Å². The second-order valence-electron chi connectivity index (χ2n) is 3.12. The van der Waals surface area contributed by atoms with Crippen LogP contribution < -0.4 is 4.90 Å². The van der Waals surface area contributed by atoms with E-state index in [-0.39, 0.29) is 5.91 Å². The van der Waals surface area contributed by atoms with E-state index in [0.717, 1.165) is 5.69 Å². The Labute approximate surface area is 88.8 Å². The van der Waals surface area contributed by atoms with Gasteiger partial charge in [0.2, 0.25) is 0 Å². The van der Waals surface area contributed by atoms with Gasteiger partial charge in [-0.15, -0.1) is 0 Å². The third-order valence-electron chi connectivity index (χ3n) is 1.88. The molecule has 0 aromatic heterocycles. The number of likely N-dealkylation sites (N-methyl/N-ethyl adjacent to an activating group) is 1. The van der Waals surface area contributed by atoms with Crippen molar-refractivity contribution in [1.82, 2.24) is 0 Å². The van der Waals surface area contributed by atoms with Crippen LogP contribution in [0, 0.1) is 0 Å². The van der Waals surface area contributed by atoms with Gasteiger partial charge in [-0.1, -0.05) is 18.2 Å². The van der Waals surface area contributed by atoms with Gasteiger partial charge in [0.15, 0.2) is 0 Å². The Morgan fingerprint density at radius 3 is 2.29 bits per heavy atom. The van der Waals surface area contributed by atoms with Crippen molar-refractivity contribution in [2.75, 3.05) is 11.9 Å². The molecule has 74 valence electrons. The normalized spacial score (nSPS) is 9.64. The molecule has 0 aliphatic carbocycles. The molecule has 0 atom stereocenters. The number of hydrogen-bond donors (Lipinski definition) is 0. The topological polar surface area (TPSA) is 20.3 Å². The minimum absolute atomic E-state index is 0.0904. The second-order valence-corrected chi connectivity index (χ2v) is 3.56. The maximum Gasteiger partial charge on any atom is 0.253 e. The van der Waals surface area contributed by atoms with Crippen LogP contribution in [-0.4, -0.2) is 13.0 Å². The summed E-state index contributed by atoms with van der Waals surface area (Å²) in [5.74, 6) is -0.0904. The number of hydrogen-bond acceptors (Lipinski definition) is 1. The minimum Gasteiger partial charge on any atom is -0.312 e. The fourth-order valence-corrected chi connectivity index (χ4v) is 1.19. The molecule has 0 radical (unpaired) electrons. The SMILES string of the molecule is C=C(C)C(=O)N(C)c1ccc(Cl)cc1. The quantitative estimate of drug-likeness (QED) is 0.686. The Morgan fingerprint density at radius 1 is 1.36 bits per heavy atom. The van der Waals surface area contributed by atoms with Crippen LogP contribution in [0.25, 0.3) is 0 Å². The number of benzene rings is 1. The van der Waals surface area contributed by atoms with Gasteiger partial charge in [0.1, 0.15) is 0 Å². The molecule has 0 saturated carbocycles. The predicted octanol–water partition coefficient (Wildman–Crippen LogP) is 2.88. The highest BCUT2D eigenvalue weighted by Gasteiger charge is 2.10. The first-order valence-corrected chi connectivity index (χ1v) is 4.59. The molecule has 0 heterocycles. The molecule has 0 aliphatic heterocycles. The summed E-state index contributed by atoms with van der Waals surface area (Å²) in [6.45, 7) is 5.29. The van der Waals surface area contributed by atoms with Crippen molar-refractivity contribution < 1.29 is 4.79 Å². The van der Waals surface area contributed by atoms with Crippen LogP contribution >= 0.6 is 11.6 Å². The van der Waals surface area contributed by atoms with E-state index in [1.807, 2.05) is 0 Å². The summed E-state index contributed by atoms with van der Waals surface area (Å²) in [6.07, 6.45) is 0. The van der Waals surface area contributed by atoms with E-state index < -0.39 is 0 Å². The molecule has 0 bridgehead atoms. The Balaban J connectivity index is 2.89. The molecule has 2 nitrogen and oxygen atoms in total. The van der Waals surface area contributed by atoms with E-state index in [1.54, 1.807) is 43.1 Å². The molecular weight excluding hydrogens is 198 g/mol. The van der Waals surface area contributed by atoms with E-state index in [4.69, 9.17) is 11.6 Å². The third kappa shape index (κ3) is 2.36. The zero-order valence-electron chi connectivity index (χ0n) is 8.25. The van der Waals surface area contributed by atoms with E-state index in [2.05, 4.69) is 6.58 Å². The fourth-order valence-electron chi connectivity index (χ4n) is 1.07. The van der Waals surface area contributed by atoms with Gasteiger partial charge in [0.05, 0.1) is 0 Å². The molecule has 0 saturated heterocycles. The Hall–Kier alpha value is -1.28. The Bertz CT molecular complexity index is 356. The Kier molecular flexibility index (Phi) is 3.31. The first kappa shape index (κ1) is 10.8. The van der Waals surface area contributed by atoms with Gasteiger partial charge >= 0.3 is 0 Å². The summed E-state index contributed by atoms with van der Waals surface area (Å²) in [5.41, 5.74) is 1.32. The standard InChI is InChI=1S/C11H12ClNO/c1-8(2)11(14)13(3)10-6-4-9(12)5-7-10/h4-7H,1H2,2-3H3. The van der Waals surface area contributed by atoms with Crippen molar-refractivity contribution in [1.29, 1.82) is 0 Å². The molecule has 1 aromatic carbocycles. The van der Waals surface area contributed by atoms with Crippen molar-refractivity contribution in [2.24, 2.45) is 0 Å². The van der Waals surface area contributed by atoms with Crippen LogP contribution in [0.2, 0.25) is 5.02 Å². The predicted molar refractivity (Wildman–Crippen MR) is 59.7 cm³/mol. The average molecular weight is 210 g/mol. The molecule has 0 N–H and O–H groups in total. The number of rotatable bonds is 2. The van der Waals surface area contributed by atoms with Crippen LogP contribution in [-0.2, 0) is 4.79 Å². The molecule has 0 spiro atoms. The van der Waals surface area contributed by atoms with Gasteiger partial charge in [-0.25, -0.2) is 0 Å². The summed E-state index contributed by atoms with van der Waals surface area (Å²) < 4.78 is 0. The van der Waals surface area contributed by atoms with Crippen LogP contribution in [0.1, 0.15) is 6.92 Å². The number of nitrogens with zero attached hydrogens (tertiary/aromatic N) is 1. The zero-order valence-corrected chi connectivity index (χ0v) is 9.01. The lowest BCUT2D eigenvalue weighted by molar-refractivity contribution is -0.114. The van der Waals surface area contributed by atoms with Gasteiger partial charge in [-0.2, -0.15) is 0 Å². The molecule has 1 amide bonds. The van der Waals surface area contributed by atoms with E-state index in [1.165, 1.54) is 0 Å². The maximum atomic E-state index is 11.5. The third-order valence-corrected chi connectivity index (χ3v) is 2.14. The van der Waals surface area contributed by atoms with Gasteiger partial charge < -0.3 is 4.90 Å². The monoisotopic (exact) mass is 209 g/mol. The van der Waals surface area contributed by atoms with Gasteiger partial charge in [0.25, 0.3) is 5.91 Å². The van der Waals surface area contributed by atoms with Crippen molar-refractivity contribution in [3.05, 3.63) is 41.4 Å². The summed E-state index contributed by atoms with van der Waals surface area (Å²) in [5, 5.41) is 0.657. The molecule has 1 aromatic rings. The molecular formula is C11H12ClNO. The number of anilines is 1. The van der Waals surface area contributed by atoms with Crippen molar-refractivity contribution in [3.8, 4) is 0 Å². The highest BCUT2D eigenvalue weighted by molar-refractivity contribution is 6.30. The fraction of sp³-hybridized carbons (Fsp3) is 0.182. The van der Waals surface area contributed by atoms with Crippen LogP contribution in [0.15, 0.2) is 36.4 Å². The number of carbonyl (C=O) groups excluding carboxylic acids is 1. The van der Waals surface area contributed by atoms with Crippen molar-refractivity contribution >= 4 is 23.2 Å². The maximum absolute atomic E-state index is 11.5. The summed E-state index contributed by atoms with van der Waals surface area (Å²) in [7, 11) is 1.71. The summed E-state index contributed by atoms with van der Waals surface area (Å²) in [4.78, 5) is 13.1. The first-order chi connectivity index (χ1) is 6.52. The van der Waals surface area contributed by atoms with Crippen LogP contribution in [0.5, 0.6) is 0 Å². The van der Waals surface area contributed by atoms with E-state index in [0.29, 0.717) is 10.6 Å². The highest BCUT2D eigenvalue weighted by Crippen LogP contribution is 2.17. The zero-order chi connectivity index (χ0) is 10.7. The van der Waals surface area contributed by atoms with E-state index >= 15 is 0 Å². The summed E-state index contributed by atoms with van der Waals surface area (Å²) >= 11 is 5.74. The molecule has 1 rings (SSSR count). The number of halogens is 1. The minimum atomic E-state index is -0.0904.